The summed E-state index contributed by atoms with van der Waals surface area (Å²) in [5.74, 6) is -1.45. The Bertz CT molecular complexity index is 629. The molecule has 23 heavy (non-hydrogen) atoms. The molecule has 120 valence electrons. The lowest BCUT2D eigenvalue weighted by Gasteiger charge is -2.19. The van der Waals surface area contributed by atoms with Crippen molar-refractivity contribution >= 4 is 11.8 Å². The second-order valence-corrected chi connectivity index (χ2v) is 5.11. The lowest BCUT2D eigenvalue weighted by atomic mass is 9.99. The van der Waals surface area contributed by atoms with Crippen LogP contribution in [0.25, 0.3) is 0 Å². The molecule has 1 unspecified atom stereocenters. The molecule has 1 atom stereocenters. The molecule has 0 aromatic heterocycles. The molecule has 2 aromatic carbocycles. The molecule has 3 N–H and O–H groups in total. The van der Waals surface area contributed by atoms with Gasteiger partial charge in [0.1, 0.15) is 0 Å². The Kier molecular flexibility index (Phi) is 6.32. The molecular weight excluding hydrogens is 292 g/mol. The number of amides is 2. The van der Waals surface area contributed by atoms with Crippen molar-refractivity contribution in [2.45, 2.75) is 12.5 Å². The molecule has 5 nitrogen and oxygen atoms in total. The van der Waals surface area contributed by atoms with Gasteiger partial charge in [-0.25, -0.2) is 0 Å². The Hall–Kier alpha value is -2.66. The van der Waals surface area contributed by atoms with Gasteiger partial charge in [-0.3, -0.25) is 9.59 Å². The number of carbonyl (C=O) groups is 2. The van der Waals surface area contributed by atoms with Gasteiger partial charge in [-0.1, -0.05) is 60.7 Å². The third-order valence-electron chi connectivity index (χ3n) is 3.39. The van der Waals surface area contributed by atoms with Crippen molar-refractivity contribution in [3.63, 3.8) is 0 Å². The van der Waals surface area contributed by atoms with Crippen LogP contribution in [0.15, 0.2) is 60.7 Å². The van der Waals surface area contributed by atoms with Crippen LogP contribution >= 0.6 is 0 Å². The standard InChI is InChI=1S/C18H20N2O3/c21-12-11-19-17(22)18(23)20-16(15-9-5-2-6-10-15)13-14-7-3-1-4-8-14/h1-10,16,21H,11-13H2,(H,19,22)(H,20,23). The molecule has 0 bridgehead atoms. The van der Waals surface area contributed by atoms with Gasteiger partial charge in [0.2, 0.25) is 0 Å². The molecule has 0 heterocycles. The molecule has 5 heteroatoms. The summed E-state index contributed by atoms with van der Waals surface area (Å²) in [5.41, 5.74) is 2.00. The van der Waals surface area contributed by atoms with Gasteiger partial charge in [0.05, 0.1) is 12.6 Å². The topological polar surface area (TPSA) is 78.4 Å². The molecule has 2 rings (SSSR count). The Morgan fingerprint density at radius 3 is 2.13 bits per heavy atom. The second kappa shape index (κ2) is 8.70. The monoisotopic (exact) mass is 312 g/mol. The van der Waals surface area contributed by atoms with Crippen molar-refractivity contribution in [3.8, 4) is 0 Å². The highest BCUT2D eigenvalue weighted by Crippen LogP contribution is 2.18. The first-order valence-corrected chi connectivity index (χ1v) is 7.49. The molecule has 0 saturated carbocycles. The van der Waals surface area contributed by atoms with Gasteiger partial charge in [0, 0.05) is 6.54 Å². The number of nitrogens with one attached hydrogen (secondary N) is 2. The minimum Gasteiger partial charge on any atom is -0.395 e. The molecule has 0 fully saturated rings. The average molecular weight is 312 g/mol. The maximum Gasteiger partial charge on any atom is 0.309 e. The van der Waals surface area contributed by atoms with Crippen molar-refractivity contribution < 1.29 is 14.7 Å². The van der Waals surface area contributed by atoms with Crippen molar-refractivity contribution in [3.05, 3.63) is 71.8 Å². The Morgan fingerprint density at radius 1 is 0.913 bits per heavy atom. The van der Waals surface area contributed by atoms with E-state index in [1.54, 1.807) is 0 Å². The zero-order chi connectivity index (χ0) is 16.5. The van der Waals surface area contributed by atoms with E-state index in [0.29, 0.717) is 6.42 Å². The van der Waals surface area contributed by atoms with Crippen LogP contribution in [0.3, 0.4) is 0 Å². The van der Waals surface area contributed by atoms with Gasteiger partial charge in [0.25, 0.3) is 0 Å². The molecular formula is C18H20N2O3. The van der Waals surface area contributed by atoms with Crippen LogP contribution in [0.5, 0.6) is 0 Å². The first kappa shape index (κ1) is 16.7. The van der Waals surface area contributed by atoms with E-state index in [-0.39, 0.29) is 19.2 Å². The summed E-state index contributed by atoms with van der Waals surface area (Å²) in [6, 6.07) is 19.0. The largest absolute Gasteiger partial charge is 0.395 e. The number of carbonyl (C=O) groups excluding carboxylic acids is 2. The van der Waals surface area contributed by atoms with Crippen LogP contribution in [-0.2, 0) is 16.0 Å². The summed E-state index contributed by atoms with van der Waals surface area (Å²) < 4.78 is 0. The number of aliphatic hydroxyl groups excluding tert-OH is 1. The van der Waals surface area contributed by atoms with E-state index in [2.05, 4.69) is 10.6 Å². The molecule has 2 amide bonds. The zero-order valence-electron chi connectivity index (χ0n) is 12.7. The third kappa shape index (κ3) is 5.23. The summed E-state index contributed by atoms with van der Waals surface area (Å²) >= 11 is 0. The number of aliphatic hydroxyl groups is 1. The molecule has 2 aromatic rings. The first-order valence-electron chi connectivity index (χ1n) is 7.49. The SMILES string of the molecule is O=C(NCCO)C(=O)NC(Cc1ccccc1)c1ccccc1. The van der Waals surface area contributed by atoms with Gasteiger partial charge in [-0.2, -0.15) is 0 Å². The summed E-state index contributed by atoms with van der Waals surface area (Å²) in [4.78, 5) is 23.7. The van der Waals surface area contributed by atoms with Crippen LogP contribution < -0.4 is 10.6 Å². The van der Waals surface area contributed by atoms with Crippen LogP contribution in [0.2, 0.25) is 0 Å². The fourth-order valence-corrected chi connectivity index (χ4v) is 2.26. The quantitative estimate of drug-likeness (QED) is 0.701. The minimum absolute atomic E-state index is 0.0565. The van der Waals surface area contributed by atoms with Crippen molar-refractivity contribution in [1.29, 1.82) is 0 Å². The van der Waals surface area contributed by atoms with E-state index in [1.807, 2.05) is 60.7 Å². The van der Waals surface area contributed by atoms with Gasteiger partial charge in [-0.15, -0.1) is 0 Å². The van der Waals surface area contributed by atoms with Crippen LogP contribution in [0.4, 0.5) is 0 Å². The smallest absolute Gasteiger partial charge is 0.309 e. The molecule has 0 radical (unpaired) electrons. The minimum atomic E-state index is -0.743. The predicted molar refractivity (Wildman–Crippen MR) is 87.6 cm³/mol. The van der Waals surface area contributed by atoms with Gasteiger partial charge in [0.15, 0.2) is 0 Å². The Morgan fingerprint density at radius 2 is 1.52 bits per heavy atom. The summed E-state index contributed by atoms with van der Waals surface area (Å²) in [7, 11) is 0. The fraction of sp³-hybridized carbons (Fsp3) is 0.222. The van der Waals surface area contributed by atoms with Crippen LogP contribution in [0, 0.1) is 0 Å². The van der Waals surface area contributed by atoms with E-state index in [0.717, 1.165) is 11.1 Å². The van der Waals surface area contributed by atoms with Gasteiger partial charge in [-0.05, 0) is 17.5 Å². The van der Waals surface area contributed by atoms with E-state index in [9.17, 15) is 9.59 Å². The lowest BCUT2D eigenvalue weighted by Crippen LogP contribution is -2.42. The summed E-state index contributed by atoms with van der Waals surface area (Å²) in [5, 5.41) is 13.8. The molecule has 0 aliphatic heterocycles. The van der Waals surface area contributed by atoms with Gasteiger partial charge >= 0.3 is 11.8 Å². The van der Waals surface area contributed by atoms with Crippen molar-refractivity contribution in [2.24, 2.45) is 0 Å². The predicted octanol–water partition coefficient (Wildman–Crippen LogP) is 1.20. The zero-order valence-corrected chi connectivity index (χ0v) is 12.7. The Balaban J connectivity index is 2.11. The highest BCUT2D eigenvalue weighted by Gasteiger charge is 2.19. The number of rotatable bonds is 6. The summed E-state index contributed by atoms with van der Waals surface area (Å²) in [6.07, 6.45) is 0.587. The maximum atomic E-state index is 12.0. The highest BCUT2D eigenvalue weighted by atomic mass is 16.3. The molecule has 0 saturated heterocycles. The first-order chi connectivity index (χ1) is 11.2. The van der Waals surface area contributed by atoms with E-state index >= 15 is 0 Å². The van der Waals surface area contributed by atoms with Crippen molar-refractivity contribution in [1.82, 2.24) is 10.6 Å². The Labute approximate surface area is 135 Å². The molecule has 0 spiro atoms. The van der Waals surface area contributed by atoms with E-state index in [4.69, 9.17) is 5.11 Å². The van der Waals surface area contributed by atoms with Crippen molar-refractivity contribution in [2.75, 3.05) is 13.2 Å². The normalized spacial score (nSPS) is 11.5. The van der Waals surface area contributed by atoms with E-state index in [1.165, 1.54) is 0 Å². The van der Waals surface area contributed by atoms with E-state index < -0.39 is 11.8 Å². The maximum absolute atomic E-state index is 12.0. The number of hydrogen-bond donors (Lipinski definition) is 3. The molecule has 0 aliphatic carbocycles. The lowest BCUT2D eigenvalue weighted by molar-refractivity contribution is -0.139. The average Bonchev–Trinajstić information content (AvgIpc) is 2.60. The highest BCUT2D eigenvalue weighted by molar-refractivity contribution is 6.35. The number of hydrogen-bond acceptors (Lipinski definition) is 3. The van der Waals surface area contributed by atoms with Crippen LogP contribution in [0.1, 0.15) is 17.2 Å². The second-order valence-electron chi connectivity index (χ2n) is 5.11. The summed E-state index contributed by atoms with van der Waals surface area (Å²) in [6.45, 7) is -0.147. The fourth-order valence-electron chi connectivity index (χ4n) is 2.26. The molecule has 0 aliphatic rings. The van der Waals surface area contributed by atoms with Crippen LogP contribution in [-0.4, -0.2) is 30.1 Å². The number of benzene rings is 2. The van der Waals surface area contributed by atoms with Gasteiger partial charge < -0.3 is 15.7 Å². The third-order valence-corrected chi connectivity index (χ3v) is 3.39.